The summed E-state index contributed by atoms with van der Waals surface area (Å²) in [5.74, 6) is -0.115. The molecule has 2 heterocycles. The lowest BCUT2D eigenvalue weighted by molar-refractivity contribution is 0.102. The van der Waals surface area contributed by atoms with Crippen LogP contribution in [-0.4, -0.2) is 35.9 Å². The third kappa shape index (κ3) is 3.67. The minimum absolute atomic E-state index is 0.0877. The fourth-order valence-corrected chi connectivity index (χ4v) is 3.42. The van der Waals surface area contributed by atoms with Crippen molar-refractivity contribution in [1.82, 2.24) is 24.3 Å². The van der Waals surface area contributed by atoms with Gasteiger partial charge in [-0.25, -0.2) is 4.79 Å². The number of carbonyl (C=O) groups is 1. The molecule has 28 heavy (non-hydrogen) atoms. The van der Waals surface area contributed by atoms with Gasteiger partial charge in [0.15, 0.2) is 16.8 Å². The Morgan fingerprint density at radius 1 is 1.29 bits per heavy atom. The molecule has 0 saturated carbocycles. The first kappa shape index (κ1) is 19.4. The maximum absolute atomic E-state index is 12.6. The van der Waals surface area contributed by atoms with Gasteiger partial charge < -0.3 is 5.73 Å². The van der Waals surface area contributed by atoms with E-state index >= 15 is 0 Å². The number of hydrogen-bond acceptors (Lipinski definition) is 7. The molecule has 0 spiro atoms. The van der Waals surface area contributed by atoms with Crippen molar-refractivity contribution < 1.29 is 4.79 Å². The molecule has 2 aromatic heterocycles. The molecule has 0 bridgehead atoms. The standard InChI is InChI=1S/C18H18N6O3S/c1-3-9-24-15(11-7-5-4-6-8-11)21-22-18(24)28-10-12(25)13-14(19)23(2)17(27)20-16(13)26/h3-8H,1,9-10,19H2,2H3,(H,20,26,27). The topological polar surface area (TPSA) is 129 Å². The molecule has 0 saturated heterocycles. The van der Waals surface area contributed by atoms with Crippen LogP contribution in [0.25, 0.3) is 11.4 Å². The molecular weight excluding hydrogens is 380 g/mol. The fourth-order valence-electron chi connectivity index (χ4n) is 2.60. The van der Waals surface area contributed by atoms with E-state index in [0.29, 0.717) is 17.5 Å². The van der Waals surface area contributed by atoms with Crippen LogP contribution < -0.4 is 17.0 Å². The predicted octanol–water partition coefficient (Wildman–Crippen LogP) is 1.08. The number of anilines is 1. The molecule has 0 radical (unpaired) electrons. The monoisotopic (exact) mass is 398 g/mol. The summed E-state index contributed by atoms with van der Waals surface area (Å²) < 4.78 is 2.85. The van der Waals surface area contributed by atoms with Gasteiger partial charge in [-0.15, -0.1) is 16.8 Å². The predicted molar refractivity (Wildman–Crippen MR) is 107 cm³/mol. The number of H-pyrrole nitrogens is 1. The van der Waals surface area contributed by atoms with Crippen LogP contribution in [0.4, 0.5) is 5.82 Å². The molecule has 1 aromatic carbocycles. The number of nitrogens with zero attached hydrogens (tertiary/aromatic N) is 4. The van der Waals surface area contributed by atoms with E-state index in [9.17, 15) is 14.4 Å². The molecular formula is C18H18N6O3S. The molecule has 0 fully saturated rings. The smallest absolute Gasteiger partial charge is 0.329 e. The highest BCUT2D eigenvalue weighted by Crippen LogP contribution is 2.24. The SMILES string of the molecule is C=CCn1c(SCC(=O)c2c(N)n(C)c(=O)[nH]c2=O)nnc1-c1ccccc1. The van der Waals surface area contributed by atoms with Crippen molar-refractivity contribution in [3.05, 3.63) is 69.4 Å². The summed E-state index contributed by atoms with van der Waals surface area (Å²) in [6.45, 7) is 4.20. The number of aromatic nitrogens is 5. The van der Waals surface area contributed by atoms with E-state index < -0.39 is 17.0 Å². The number of carbonyl (C=O) groups excluding carboxylic acids is 1. The van der Waals surface area contributed by atoms with E-state index in [1.807, 2.05) is 34.9 Å². The lowest BCUT2D eigenvalue weighted by Crippen LogP contribution is -2.35. The second-order valence-electron chi connectivity index (χ2n) is 5.86. The second-order valence-corrected chi connectivity index (χ2v) is 6.80. The molecule has 3 aromatic rings. The largest absolute Gasteiger partial charge is 0.384 e. The average Bonchev–Trinajstić information content (AvgIpc) is 3.08. The number of hydrogen-bond donors (Lipinski definition) is 2. The van der Waals surface area contributed by atoms with Gasteiger partial charge in [-0.3, -0.25) is 23.7 Å². The molecule has 0 aliphatic heterocycles. The number of Topliss-reactive ketones (excluding diaryl/α,β-unsaturated/α-hetero) is 1. The first-order chi connectivity index (χ1) is 13.4. The van der Waals surface area contributed by atoms with Gasteiger partial charge >= 0.3 is 5.69 Å². The summed E-state index contributed by atoms with van der Waals surface area (Å²) >= 11 is 1.13. The summed E-state index contributed by atoms with van der Waals surface area (Å²) in [6, 6.07) is 9.52. The van der Waals surface area contributed by atoms with E-state index in [2.05, 4.69) is 21.8 Å². The molecule has 3 rings (SSSR count). The summed E-state index contributed by atoms with van der Waals surface area (Å²) in [7, 11) is 1.38. The number of nitrogens with one attached hydrogen (secondary N) is 1. The van der Waals surface area contributed by atoms with Crippen molar-refractivity contribution in [3.63, 3.8) is 0 Å². The average molecular weight is 398 g/mol. The zero-order valence-corrected chi connectivity index (χ0v) is 15.9. The van der Waals surface area contributed by atoms with Crippen LogP contribution in [0, 0.1) is 0 Å². The van der Waals surface area contributed by atoms with Crippen molar-refractivity contribution in [2.24, 2.45) is 7.05 Å². The highest BCUT2D eigenvalue weighted by atomic mass is 32.2. The van der Waals surface area contributed by atoms with E-state index in [0.717, 1.165) is 21.9 Å². The highest BCUT2D eigenvalue weighted by Gasteiger charge is 2.20. The number of thioether (sulfide) groups is 1. The van der Waals surface area contributed by atoms with Gasteiger partial charge in [0.05, 0.1) is 5.75 Å². The van der Waals surface area contributed by atoms with Crippen molar-refractivity contribution in [3.8, 4) is 11.4 Å². The zero-order valence-electron chi connectivity index (χ0n) is 15.1. The summed E-state index contributed by atoms with van der Waals surface area (Å²) in [5, 5.41) is 8.87. The maximum atomic E-state index is 12.6. The van der Waals surface area contributed by atoms with Crippen molar-refractivity contribution in [2.75, 3.05) is 11.5 Å². The first-order valence-electron chi connectivity index (χ1n) is 8.28. The number of nitrogens with two attached hydrogens (primary N) is 1. The minimum atomic E-state index is -0.802. The van der Waals surface area contributed by atoms with Crippen LogP contribution in [0.1, 0.15) is 10.4 Å². The molecule has 0 amide bonds. The molecule has 0 unspecified atom stereocenters. The molecule has 10 heteroatoms. The Kier molecular flexibility index (Phi) is 5.59. The molecule has 0 aliphatic carbocycles. The summed E-state index contributed by atoms with van der Waals surface area (Å²) in [6.07, 6.45) is 1.71. The molecule has 9 nitrogen and oxygen atoms in total. The Morgan fingerprint density at radius 2 is 2.00 bits per heavy atom. The van der Waals surface area contributed by atoms with Crippen molar-refractivity contribution >= 4 is 23.4 Å². The maximum Gasteiger partial charge on any atom is 0.329 e. The molecule has 0 aliphatic rings. The van der Waals surface area contributed by atoms with Gasteiger partial charge in [0.25, 0.3) is 5.56 Å². The summed E-state index contributed by atoms with van der Waals surface area (Å²) in [4.78, 5) is 38.2. The van der Waals surface area contributed by atoms with Crippen LogP contribution in [0.2, 0.25) is 0 Å². The van der Waals surface area contributed by atoms with Crippen molar-refractivity contribution in [2.45, 2.75) is 11.7 Å². The number of allylic oxidation sites excluding steroid dienone is 1. The fraction of sp³-hybridized carbons (Fsp3) is 0.167. The Labute approximate surface area is 163 Å². The Morgan fingerprint density at radius 3 is 2.68 bits per heavy atom. The Balaban J connectivity index is 1.88. The first-order valence-corrected chi connectivity index (χ1v) is 9.27. The molecule has 3 N–H and O–H groups in total. The van der Waals surface area contributed by atoms with Gasteiger partial charge in [0, 0.05) is 19.2 Å². The van der Waals surface area contributed by atoms with Gasteiger partial charge in [0.1, 0.15) is 11.4 Å². The van der Waals surface area contributed by atoms with Crippen LogP contribution >= 0.6 is 11.8 Å². The zero-order chi connectivity index (χ0) is 20.3. The van der Waals surface area contributed by atoms with Gasteiger partial charge in [-0.2, -0.15) is 0 Å². The number of aromatic amines is 1. The Hall–Kier alpha value is -3.40. The molecule has 0 atom stereocenters. The van der Waals surface area contributed by atoms with Crippen LogP contribution in [-0.2, 0) is 13.6 Å². The van der Waals surface area contributed by atoms with Crippen molar-refractivity contribution in [1.29, 1.82) is 0 Å². The second kappa shape index (κ2) is 8.09. The minimum Gasteiger partial charge on any atom is -0.384 e. The third-order valence-electron chi connectivity index (χ3n) is 4.04. The van der Waals surface area contributed by atoms with Gasteiger partial charge in [0.2, 0.25) is 0 Å². The van der Waals surface area contributed by atoms with Crippen LogP contribution in [0.5, 0.6) is 0 Å². The number of ketones is 1. The lowest BCUT2D eigenvalue weighted by Gasteiger charge is -2.09. The van der Waals surface area contributed by atoms with E-state index in [1.165, 1.54) is 7.05 Å². The van der Waals surface area contributed by atoms with E-state index in [4.69, 9.17) is 5.73 Å². The van der Waals surface area contributed by atoms with Crippen LogP contribution in [0.15, 0.2) is 57.7 Å². The lowest BCUT2D eigenvalue weighted by atomic mass is 10.2. The normalized spacial score (nSPS) is 10.8. The molecule has 144 valence electrons. The van der Waals surface area contributed by atoms with Crippen LogP contribution in [0.3, 0.4) is 0 Å². The van der Waals surface area contributed by atoms with Gasteiger partial charge in [-0.05, 0) is 0 Å². The number of nitrogen functional groups attached to an aromatic ring is 1. The van der Waals surface area contributed by atoms with Gasteiger partial charge in [-0.1, -0.05) is 48.2 Å². The Bertz CT molecular complexity index is 1150. The van der Waals surface area contributed by atoms with E-state index in [1.54, 1.807) is 6.08 Å². The van der Waals surface area contributed by atoms with E-state index in [-0.39, 0.29) is 17.1 Å². The number of benzene rings is 1. The number of rotatable bonds is 7. The highest BCUT2D eigenvalue weighted by molar-refractivity contribution is 7.99. The third-order valence-corrected chi connectivity index (χ3v) is 5.01. The summed E-state index contributed by atoms with van der Waals surface area (Å²) in [5.41, 5.74) is 4.94. The quantitative estimate of drug-likeness (QED) is 0.346.